The Morgan fingerprint density at radius 1 is 1.21 bits per heavy atom. The molecule has 0 heterocycles. The molecule has 0 aliphatic rings. The summed E-state index contributed by atoms with van der Waals surface area (Å²) < 4.78 is 4.82. The molecule has 0 radical (unpaired) electrons. The van der Waals surface area contributed by atoms with E-state index in [1.54, 1.807) is 0 Å². The standard InChI is InChI=1S/C16H21NO2/c1-13(2)17-11-10-16-8-6-15(7-9-16)5-4-12-19-14(3)18/h4-11,13,17H,12H2,1-3H3/b5-4+,11-10+. The van der Waals surface area contributed by atoms with Gasteiger partial charge in [-0.2, -0.15) is 0 Å². The van der Waals surface area contributed by atoms with Crippen molar-refractivity contribution in [3.63, 3.8) is 0 Å². The molecule has 0 aromatic heterocycles. The number of benzene rings is 1. The Kier molecular flexibility index (Phi) is 6.44. The smallest absolute Gasteiger partial charge is 0.302 e. The average molecular weight is 259 g/mol. The molecule has 0 fully saturated rings. The summed E-state index contributed by atoms with van der Waals surface area (Å²) in [4.78, 5) is 10.6. The summed E-state index contributed by atoms with van der Waals surface area (Å²) in [5.41, 5.74) is 2.23. The molecule has 0 bridgehead atoms. The Labute approximate surface area is 115 Å². The minimum atomic E-state index is -0.261. The summed E-state index contributed by atoms with van der Waals surface area (Å²) in [7, 11) is 0. The highest BCUT2D eigenvalue weighted by molar-refractivity contribution is 5.66. The van der Waals surface area contributed by atoms with Gasteiger partial charge >= 0.3 is 5.97 Å². The van der Waals surface area contributed by atoms with E-state index >= 15 is 0 Å². The molecule has 3 nitrogen and oxygen atoms in total. The van der Waals surface area contributed by atoms with Crippen molar-refractivity contribution in [2.75, 3.05) is 6.61 Å². The van der Waals surface area contributed by atoms with Crippen LogP contribution >= 0.6 is 0 Å². The maximum absolute atomic E-state index is 10.6. The second-order valence-electron chi connectivity index (χ2n) is 4.53. The third kappa shape index (κ3) is 7.09. The van der Waals surface area contributed by atoms with Gasteiger partial charge in [0.15, 0.2) is 0 Å². The van der Waals surface area contributed by atoms with Crippen molar-refractivity contribution in [3.05, 3.63) is 47.7 Å². The zero-order valence-electron chi connectivity index (χ0n) is 11.7. The number of rotatable bonds is 6. The number of ether oxygens (including phenoxy) is 1. The predicted molar refractivity (Wildman–Crippen MR) is 79.4 cm³/mol. The molecular formula is C16H21NO2. The van der Waals surface area contributed by atoms with Crippen LogP contribution in [0.5, 0.6) is 0 Å². The van der Waals surface area contributed by atoms with Crippen molar-refractivity contribution in [3.8, 4) is 0 Å². The normalized spacial score (nSPS) is 11.4. The van der Waals surface area contributed by atoms with Crippen LogP contribution in [-0.2, 0) is 9.53 Å². The molecule has 0 saturated heterocycles. The SMILES string of the molecule is CC(=O)OC/C=C/c1ccc(/C=C/NC(C)C)cc1. The van der Waals surface area contributed by atoms with E-state index in [4.69, 9.17) is 4.74 Å². The van der Waals surface area contributed by atoms with E-state index in [0.717, 1.165) is 11.1 Å². The fourth-order valence-electron chi connectivity index (χ4n) is 1.40. The van der Waals surface area contributed by atoms with Gasteiger partial charge in [0.1, 0.15) is 6.61 Å². The molecule has 0 saturated carbocycles. The lowest BCUT2D eigenvalue weighted by Crippen LogP contribution is -2.14. The average Bonchev–Trinajstić information content (AvgIpc) is 2.36. The number of esters is 1. The molecule has 1 aromatic carbocycles. The molecule has 1 rings (SSSR count). The fraction of sp³-hybridized carbons (Fsp3) is 0.312. The van der Waals surface area contributed by atoms with Crippen LogP contribution in [0.3, 0.4) is 0 Å². The van der Waals surface area contributed by atoms with Gasteiger partial charge in [0.25, 0.3) is 0 Å². The molecule has 0 atom stereocenters. The molecule has 0 aliphatic heterocycles. The van der Waals surface area contributed by atoms with Crippen LogP contribution < -0.4 is 5.32 Å². The first-order valence-corrected chi connectivity index (χ1v) is 6.40. The Balaban J connectivity index is 2.47. The number of carbonyl (C=O) groups is 1. The molecule has 0 spiro atoms. The second-order valence-corrected chi connectivity index (χ2v) is 4.53. The third-order valence-corrected chi connectivity index (χ3v) is 2.33. The van der Waals surface area contributed by atoms with Crippen molar-refractivity contribution in [2.45, 2.75) is 26.8 Å². The highest BCUT2D eigenvalue weighted by atomic mass is 16.5. The lowest BCUT2D eigenvalue weighted by molar-refractivity contribution is -0.139. The summed E-state index contributed by atoms with van der Waals surface area (Å²) >= 11 is 0. The summed E-state index contributed by atoms with van der Waals surface area (Å²) in [5.74, 6) is -0.261. The van der Waals surface area contributed by atoms with Gasteiger partial charge < -0.3 is 10.1 Å². The number of hydrogen-bond acceptors (Lipinski definition) is 3. The van der Waals surface area contributed by atoms with Crippen LogP contribution in [0.4, 0.5) is 0 Å². The molecule has 3 heteroatoms. The first kappa shape index (κ1) is 15.0. The van der Waals surface area contributed by atoms with Gasteiger partial charge in [-0.15, -0.1) is 0 Å². The maximum Gasteiger partial charge on any atom is 0.302 e. The van der Waals surface area contributed by atoms with Gasteiger partial charge in [0.2, 0.25) is 0 Å². The summed E-state index contributed by atoms with van der Waals surface area (Å²) in [6.07, 6.45) is 7.75. The number of nitrogens with one attached hydrogen (secondary N) is 1. The number of carbonyl (C=O) groups excluding carboxylic acids is 1. The van der Waals surface area contributed by atoms with Gasteiger partial charge in [-0.3, -0.25) is 4.79 Å². The minimum absolute atomic E-state index is 0.261. The van der Waals surface area contributed by atoms with Gasteiger partial charge in [-0.25, -0.2) is 0 Å². The van der Waals surface area contributed by atoms with Crippen molar-refractivity contribution in [1.29, 1.82) is 0 Å². The Morgan fingerprint density at radius 2 is 1.79 bits per heavy atom. The van der Waals surface area contributed by atoms with E-state index in [-0.39, 0.29) is 5.97 Å². The minimum Gasteiger partial charge on any atom is -0.462 e. The maximum atomic E-state index is 10.6. The predicted octanol–water partition coefficient (Wildman–Crippen LogP) is 3.23. The molecule has 1 N–H and O–H groups in total. The third-order valence-electron chi connectivity index (χ3n) is 2.33. The Hall–Kier alpha value is -2.03. The molecule has 0 aliphatic carbocycles. The Morgan fingerprint density at radius 3 is 2.32 bits per heavy atom. The number of hydrogen-bond donors (Lipinski definition) is 1. The van der Waals surface area contributed by atoms with Gasteiger partial charge in [0, 0.05) is 13.0 Å². The van der Waals surface area contributed by atoms with E-state index < -0.39 is 0 Å². The topological polar surface area (TPSA) is 38.3 Å². The van der Waals surface area contributed by atoms with Crippen LogP contribution in [0.1, 0.15) is 31.9 Å². The van der Waals surface area contributed by atoms with Crippen molar-refractivity contribution >= 4 is 18.1 Å². The Bertz CT molecular complexity index is 444. The van der Waals surface area contributed by atoms with Gasteiger partial charge in [-0.05, 0) is 43.3 Å². The van der Waals surface area contributed by atoms with Crippen LogP contribution in [-0.4, -0.2) is 18.6 Å². The zero-order valence-corrected chi connectivity index (χ0v) is 11.7. The second kappa shape index (κ2) is 8.14. The zero-order chi connectivity index (χ0) is 14.1. The first-order valence-electron chi connectivity index (χ1n) is 6.40. The van der Waals surface area contributed by atoms with E-state index in [2.05, 4.69) is 19.2 Å². The largest absolute Gasteiger partial charge is 0.462 e. The first-order chi connectivity index (χ1) is 9.08. The van der Waals surface area contributed by atoms with Crippen LogP contribution in [0.25, 0.3) is 12.2 Å². The van der Waals surface area contributed by atoms with Crippen molar-refractivity contribution < 1.29 is 9.53 Å². The summed E-state index contributed by atoms with van der Waals surface area (Å²) in [5, 5.41) is 3.22. The fourth-order valence-corrected chi connectivity index (χ4v) is 1.40. The molecule has 0 amide bonds. The van der Waals surface area contributed by atoms with E-state index in [0.29, 0.717) is 12.6 Å². The van der Waals surface area contributed by atoms with Crippen LogP contribution in [0.2, 0.25) is 0 Å². The summed E-state index contributed by atoms with van der Waals surface area (Å²) in [6.45, 7) is 5.91. The lowest BCUT2D eigenvalue weighted by Gasteiger charge is -2.02. The molecule has 102 valence electrons. The van der Waals surface area contributed by atoms with Crippen molar-refractivity contribution in [2.24, 2.45) is 0 Å². The molecular weight excluding hydrogens is 238 g/mol. The quantitative estimate of drug-likeness (QED) is 0.797. The van der Waals surface area contributed by atoms with Crippen molar-refractivity contribution in [1.82, 2.24) is 5.32 Å². The molecule has 1 aromatic rings. The monoisotopic (exact) mass is 259 g/mol. The van der Waals surface area contributed by atoms with Gasteiger partial charge in [-0.1, -0.05) is 30.3 Å². The van der Waals surface area contributed by atoms with Gasteiger partial charge in [0.05, 0.1) is 0 Å². The van der Waals surface area contributed by atoms with E-state index in [9.17, 15) is 4.79 Å². The molecule has 0 unspecified atom stereocenters. The van der Waals surface area contributed by atoms with Crippen LogP contribution in [0, 0.1) is 0 Å². The molecule has 19 heavy (non-hydrogen) atoms. The highest BCUT2D eigenvalue weighted by Gasteiger charge is 1.90. The van der Waals surface area contributed by atoms with E-state index in [1.807, 2.05) is 48.7 Å². The lowest BCUT2D eigenvalue weighted by atomic mass is 10.1. The summed E-state index contributed by atoms with van der Waals surface area (Å²) in [6, 6.07) is 8.59. The highest BCUT2D eigenvalue weighted by Crippen LogP contribution is 2.07. The van der Waals surface area contributed by atoms with Crippen LogP contribution in [0.15, 0.2) is 36.5 Å². The van der Waals surface area contributed by atoms with E-state index in [1.165, 1.54) is 6.92 Å².